The van der Waals surface area contributed by atoms with Gasteiger partial charge in [-0.25, -0.2) is 4.98 Å². The molecule has 1 aliphatic heterocycles. The molecule has 5 nitrogen and oxygen atoms in total. The minimum absolute atomic E-state index is 0.0620. The molecule has 1 aromatic carbocycles. The van der Waals surface area contributed by atoms with Crippen LogP contribution in [0.5, 0.6) is 0 Å². The molecule has 1 fully saturated rings. The molecule has 0 unspecified atom stereocenters. The molecular formula is C16H19ClN4O. The lowest BCUT2D eigenvalue weighted by Crippen LogP contribution is -2.49. The summed E-state index contributed by atoms with van der Waals surface area (Å²) in [7, 11) is 1.67. The Labute approximate surface area is 134 Å². The smallest absolute Gasteiger partial charge is 0.233 e. The normalized spacial score (nSPS) is 16.0. The number of aromatic nitrogens is 1. The molecule has 1 saturated heterocycles. The second kappa shape index (κ2) is 6.50. The lowest BCUT2D eigenvalue weighted by Gasteiger charge is -2.35. The maximum absolute atomic E-state index is 11.4. The van der Waals surface area contributed by atoms with Crippen LogP contribution in [0.15, 0.2) is 30.3 Å². The van der Waals surface area contributed by atoms with E-state index in [0.717, 1.165) is 47.9 Å². The van der Waals surface area contributed by atoms with Crippen molar-refractivity contribution < 1.29 is 4.79 Å². The van der Waals surface area contributed by atoms with E-state index in [9.17, 15) is 4.79 Å². The van der Waals surface area contributed by atoms with Gasteiger partial charge in [0.1, 0.15) is 5.82 Å². The maximum atomic E-state index is 11.4. The second-order valence-electron chi connectivity index (χ2n) is 5.41. The topological polar surface area (TPSA) is 48.5 Å². The molecule has 0 bridgehead atoms. The van der Waals surface area contributed by atoms with Gasteiger partial charge >= 0.3 is 0 Å². The molecule has 3 rings (SSSR count). The largest absolute Gasteiger partial charge is 0.358 e. The van der Waals surface area contributed by atoms with Crippen molar-refractivity contribution in [1.82, 2.24) is 15.2 Å². The number of carbonyl (C=O) groups excluding carboxylic acids is 1. The fourth-order valence-corrected chi connectivity index (χ4v) is 2.93. The van der Waals surface area contributed by atoms with E-state index in [2.05, 4.69) is 15.1 Å². The number of fused-ring (bicyclic) bond motifs is 1. The number of likely N-dealkylation sites (N-methyl/N-ethyl adjacent to an activating group) is 1. The highest BCUT2D eigenvalue weighted by Gasteiger charge is 2.19. The first-order chi connectivity index (χ1) is 10.7. The van der Waals surface area contributed by atoms with Gasteiger partial charge in [-0.15, -0.1) is 0 Å². The van der Waals surface area contributed by atoms with Gasteiger partial charge in [0.25, 0.3) is 0 Å². The fourth-order valence-electron chi connectivity index (χ4n) is 2.70. The SMILES string of the molecule is CNC(=O)CN1CCN(c2ccc3c(Cl)cccc3n2)CC1. The highest BCUT2D eigenvalue weighted by atomic mass is 35.5. The summed E-state index contributed by atoms with van der Waals surface area (Å²) in [6, 6.07) is 9.82. The third kappa shape index (κ3) is 3.15. The Morgan fingerprint density at radius 3 is 2.73 bits per heavy atom. The van der Waals surface area contributed by atoms with Crippen molar-refractivity contribution in [3.63, 3.8) is 0 Å². The molecule has 0 radical (unpaired) electrons. The van der Waals surface area contributed by atoms with Gasteiger partial charge in [-0.1, -0.05) is 17.7 Å². The van der Waals surface area contributed by atoms with E-state index in [-0.39, 0.29) is 5.91 Å². The molecule has 0 atom stereocenters. The average Bonchev–Trinajstić information content (AvgIpc) is 2.55. The predicted octanol–water partition coefficient (Wildman–Crippen LogP) is 1.76. The molecule has 1 amide bonds. The summed E-state index contributed by atoms with van der Waals surface area (Å²) in [4.78, 5) is 20.5. The third-order valence-corrected chi connectivity index (χ3v) is 4.34. The van der Waals surface area contributed by atoms with Crippen molar-refractivity contribution >= 4 is 34.2 Å². The van der Waals surface area contributed by atoms with Crippen molar-refractivity contribution in [2.75, 3.05) is 44.7 Å². The molecule has 22 heavy (non-hydrogen) atoms. The monoisotopic (exact) mass is 318 g/mol. The minimum atomic E-state index is 0.0620. The van der Waals surface area contributed by atoms with Gasteiger partial charge in [-0.3, -0.25) is 9.69 Å². The Kier molecular flexibility index (Phi) is 4.45. The van der Waals surface area contributed by atoms with Gasteiger partial charge in [0.2, 0.25) is 5.91 Å². The molecule has 1 aromatic heterocycles. The minimum Gasteiger partial charge on any atom is -0.358 e. The summed E-state index contributed by atoms with van der Waals surface area (Å²) in [5.74, 6) is 1.03. The fraction of sp³-hybridized carbons (Fsp3) is 0.375. The van der Waals surface area contributed by atoms with Gasteiger partial charge in [0.15, 0.2) is 0 Å². The van der Waals surface area contributed by atoms with Crippen LogP contribution in [0.3, 0.4) is 0 Å². The van der Waals surface area contributed by atoms with E-state index in [0.29, 0.717) is 6.54 Å². The van der Waals surface area contributed by atoms with Crippen LogP contribution in [-0.2, 0) is 4.79 Å². The van der Waals surface area contributed by atoms with Crippen LogP contribution < -0.4 is 10.2 Å². The molecular weight excluding hydrogens is 300 g/mol. The number of amides is 1. The summed E-state index contributed by atoms with van der Waals surface area (Å²) in [6.07, 6.45) is 0. The number of nitrogens with one attached hydrogen (secondary N) is 1. The Hall–Kier alpha value is -1.85. The first-order valence-electron chi connectivity index (χ1n) is 7.40. The molecule has 116 valence electrons. The number of halogens is 1. The summed E-state index contributed by atoms with van der Waals surface area (Å²) in [5.41, 5.74) is 0.915. The van der Waals surface area contributed by atoms with Crippen LogP contribution in [0.2, 0.25) is 5.02 Å². The van der Waals surface area contributed by atoms with E-state index in [4.69, 9.17) is 16.6 Å². The highest BCUT2D eigenvalue weighted by molar-refractivity contribution is 6.35. The zero-order chi connectivity index (χ0) is 15.5. The number of hydrogen-bond acceptors (Lipinski definition) is 4. The number of benzene rings is 1. The Bertz CT molecular complexity index is 683. The quantitative estimate of drug-likeness (QED) is 0.937. The number of carbonyl (C=O) groups is 1. The molecule has 6 heteroatoms. The zero-order valence-electron chi connectivity index (χ0n) is 12.6. The standard InChI is InChI=1S/C16H19ClN4O/c1-18-16(22)11-20-7-9-21(10-8-20)15-6-5-12-13(17)3-2-4-14(12)19-15/h2-6H,7-11H2,1H3,(H,18,22). The number of rotatable bonds is 3. The van der Waals surface area contributed by atoms with Crippen molar-refractivity contribution in [1.29, 1.82) is 0 Å². The lowest BCUT2D eigenvalue weighted by atomic mass is 10.2. The van der Waals surface area contributed by atoms with Crippen LogP contribution >= 0.6 is 11.6 Å². The van der Waals surface area contributed by atoms with Crippen LogP contribution in [0, 0.1) is 0 Å². The predicted molar refractivity (Wildman–Crippen MR) is 89.5 cm³/mol. The molecule has 1 aliphatic rings. The lowest BCUT2D eigenvalue weighted by molar-refractivity contribution is -0.121. The Balaban J connectivity index is 1.70. The van der Waals surface area contributed by atoms with E-state index in [1.165, 1.54) is 0 Å². The van der Waals surface area contributed by atoms with Crippen LogP contribution in [-0.4, -0.2) is 55.6 Å². The Morgan fingerprint density at radius 2 is 2.00 bits per heavy atom. The number of anilines is 1. The number of hydrogen-bond donors (Lipinski definition) is 1. The summed E-state index contributed by atoms with van der Waals surface area (Å²) < 4.78 is 0. The average molecular weight is 319 g/mol. The van der Waals surface area contributed by atoms with Gasteiger partial charge in [0.05, 0.1) is 12.1 Å². The van der Waals surface area contributed by atoms with Gasteiger partial charge in [-0.2, -0.15) is 0 Å². The molecule has 2 aromatic rings. The first-order valence-corrected chi connectivity index (χ1v) is 7.78. The van der Waals surface area contributed by atoms with Crippen LogP contribution in [0.1, 0.15) is 0 Å². The second-order valence-corrected chi connectivity index (χ2v) is 5.82. The number of piperazine rings is 1. The summed E-state index contributed by atoms with van der Waals surface area (Å²) >= 11 is 6.18. The van der Waals surface area contributed by atoms with Crippen molar-refractivity contribution in [3.05, 3.63) is 35.4 Å². The maximum Gasteiger partial charge on any atom is 0.233 e. The van der Waals surface area contributed by atoms with E-state index >= 15 is 0 Å². The zero-order valence-corrected chi connectivity index (χ0v) is 13.3. The third-order valence-electron chi connectivity index (χ3n) is 4.01. The molecule has 0 saturated carbocycles. The summed E-state index contributed by atoms with van der Waals surface area (Å²) in [6.45, 7) is 3.93. The molecule has 2 heterocycles. The molecule has 0 aliphatic carbocycles. The van der Waals surface area contributed by atoms with E-state index in [1.54, 1.807) is 7.05 Å². The van der Waals surface area contributed by atoms with Gasteiger partial charge in [-0.05, 0) is 24.3 Å². The molecule has 0 spiro atoms. The van der Waals surface area contributed by atoms with Crippen LogP contribution in [0.25, 0.3) is 10.9 Å². The summed E-state index contributed by atoms with van der Waals surface area (Å²) in [5, 5.41) is 4.37. The molecule has 1 N–H and O–H groups in total. The van der Waals surface area contributed by atoms with Gasteiger partial charge < -0.3 is 10.2 Å². The van der Waals surface area contributed by atoms with Gasteiger partial charge in [0, 0.05) is 43.6 Å². The van der Waals surface area contributed by atoms with Crippen molar-refractivity contribution in [2.45, 2.75) is 0 Å². The number of pyridine rings is 1. The van der Waals surface area contributed by atoms with Crippen LogP contribution in [0.4, 0.5) is 5.82 Å². The number of nitrogens with zero attached hydrogens (tertiary/aromatic N) is 3. The van der Waals surface area contributed by atoms with E-state index in [1.807, 2.05) is 30.3 Å². The highest BCUT2D eigenvalue weighted by Crippen LogP contribution is 2.25. The Morgan fingerprint density at radius 1 is 1.23 bits per heavy atom. The van der Waals surface area contributed by atoms with E-state index < -0.39 is 0 Å². The van der Waals surface area contributed by atoms with Crippen molar-refractivity contribution in [2.24, 2.45) is 0 Å². The first kappa shape index (κ1) is 15.1. The van der Waals surface area contributed by atoms with Crippen molar-refractivity contribution in [3.8, 4) is 0 Å².